The molecule has 3 nitrogen and oxygen atoms in total. The minimum Gasteiger partial charge on any atom is -0.309 e. The molecule has 0 aromatic heterocycles. The van der Waals surface area contributed by atoms with E-state index >= 15 is 0 Å². The van der Waals surface area contributed by atoms with Crippen molar-refractivity contribution in [1.29, 1.82) is 0 Å². The molecule has 106 valence electrons. The minimum atomic E-state index is 0.0302. The summed E-state index contributed by atoms with van der Waals surface area (Å²) in [6.07, 6.45) is 2.84. The number of hydrogen-bond donors (Lipinski definition) is 0. The van der Waals surface area contributed by atoms with E-state index in [1.54, 1.807) is 4.90 Å². The third-order valence-corrected chi connectivity index (χ3v) is 4.34. The SMILES string of the molecule is CN(C)CCCN1C(=O)/C(=C\c2ccccc2)SC1=S. The van der Waals surface area contributed by atoms with Crippen molar-refractivity contribution in [2.75, 3.05) is 27.2 Å². The molecule has 0 saturated carbocycles. The van der Waals surface area contributed by atoms with E-state index in [1.165, 1.54) is 11.8 Å². The van der Waals surface area contributed by atoms with Crippen molar-refractivity contribution >= 4 is 40.3 Å². The number of benzene rings is 1. The average molecular weight is 306 g/mol. The first kappa shape index (κ1) is 15.2. The van der Waals surface area contributed by atoms with Crippen molar-refractivity contribution in [3.63, 3.8) is 0 Å². The second-order valence-electron chi connectivity index (χ2n) is 4.90. The summed E-state index contributed by atoms with van der Waals surface area (Å²) in [5, 5.41) is 0. The quantitative estimate of drug-likeness (QED) is 0.616. The number of hydrogen-bond acceptors (Lipinski definition) is 4. The van der Waals surface area contributed by atoms with Crippen LogP contribution in [0.2, 0.25) is 0 Å². The number of thioether (sulfide) groups is 1. The van der Waals surface area contributed by atoms with Gasteiger partial charge >= 0.3 is 0 Å². The number of nitrogens with zero attached hydrogens (tertiary/aromatic N) is 2. The molecule has 5 heteroatoms. The van der Waals surface area contributed by atoms with Gasteiger partial charge in [0.25, 0.3) is 5.91 Å². The van der Waals surface area contributed by atoms with Crippen LogP contribution in [0, 0.1) is 0 Å². The van der Waals surface area contributed by atoms with Crippen LogP contribution in [0.5, 0.6) is 0 Å². The first-order chi connectivity index (χ1) is 9.58. The van der Waals surface area contributed by atoms with E-state index in [9.17, 15) is 4.79 Å². The average Bonchev–Trinajstić information content (AvgIpc) is 2.67. The molecule has 2 rings (SSSR count). The van der Waals surface area contributed by atoms with Crippen LogP contribution in [0.25, 0.3) is 6.08 Å². The van der Waals surface area contributed by atoms with Gasteiger partial charge in [-0.15, -0.1) is 0 Å². The van der Waals surface area contributed by atoms with Crippen LogP contribution in [-0.2, 0) is 4.79 Å². The van der Waals surface area contributed by atoms with E-state index in [0.29, 0.717) is 15.8 Å². The van der Waals surface area contributed by atoms with Crippen molar-refractivity contribution in [2.45, 2.75) is 6.42 Å². The van der Waals surface area contributed by atoms with Crippen LogP contribution in [-0.4, -0.2) is 47.2 Å². The monoisotopic (exact) mass is 306 g/mol. The highest BCUT2D eigenvalue weighted by molar-refractivity contribution is 8.26. The molecule has 1 aliphatic heterocycles. The van der Waals surface area contributed by atoms with E-state index in [-0.39, 0.29) is 5.91 Å². The molecule has 1 aromatic rings. The van der Waals surface area contributed by atoms with E-state index < -0.39 is 0 Å². The zero-order chi connectivity index (χ0) is 14.5. The van der Waals surface area contributed by atoms with E-state index in [0.717, 1.165) is 18.5 Å². The van der Waals surface area contributed by atoms with Crippen LogP contribution in [0.1, 0.15) is 12.0 Å². The Balaban J connectivity index is 2.03. The molecule has 1 aromatic carbocycles. The lowest BCUT2D eigenvalue weighted by Crippen LogP contribution is -2.30. The van der Waals surface area contributed by atoms with Crippen molar-refractivity contribution in [1.82, 2.24) is 9.80 Å². The maximum Gasteiger partial charge on any atom is 0.266 e. The highest BCUT2D eigenvalue weighted by Gasteiger charge is 2.31. The molecule has 20 heavy (non-hydrogen) atoms. The van der Waals surface area contributed by atoms with Crippen LogP contribution >= 0.6 is 24.0 Å². The molecule has 0 radical (unpaired) electrons. The van der Waals surface area contributed by atoms with Gasteiger partial charge in [0.15, 0.2) is 0 Å². The fraction of sp³-hybridized carbons (Fsp3) is 0.333. The smallest absolute Gasteiger partial charge is 0.266 e. The molecule has 1 amide bonds. The molecule has 0 spiro atoms. The summed E-state index contributed by atoms with van der Waals surface area (Å²) in [5.41, 5.74) is 1.03. The largest absolute Gasteiger partial charge is 0.309 e. The number of carbonyl (C=O) groups excluding carboxylic acids is 1. The zero-order valence-corrected chi connectivity index (χ0v) is 13.3. The lowest BCUT2D eigenvalue weighted by molar-refractivity contribution is -0.122. The van der Waals surface area contributed by atoms with E-state index in [4.69, 9.17) is 12.2 Å². The number of rotatable bonds is 5. The summed E-state index contributed by atoms with van der Waals surface area (Å²) >= 11 is 6.69. The first-order valence-electron chi connectivity index (χ1n) is 6.53. The Hall–Kier alpha value is -1.17. The predicted octanol–water partition coefficient (Wildman–Crippen LogP) is 2.84. The summed E-state index contributed by atoms with van der Waals surface area (Å²) < 4.78 is 0.663. The Morgan fingerprint density at radius 1 is 1.30 bits per heavy atom. The van der Waals surface area contributed by atoms with Gasteiger partial charge in [0.05, 0.1) is 4.91 Å². The van der Waals surface area contributed by atoms with Gasteiger partial charge in [0.1, 0.15) is 4.32 Å². The predicted molar refractivity (Wildman–Crippen MR) is 89.5 cm³/mol. The first-order valence-corrected chi connectivity index (χ1v) is 7.75. The normalized spacial score (nSPS) is 17.6. The second-order valence-corrected chi connectivity index (χ2v) is 6.58. The van der Waals surface area contributed by atoms with Crippen molar-refractivity contribution in [3.8, 4) is 0 Å². The van der Waals surface area contributed by atoms with Gasteiger partial charge < -0.3 is 4.90 Å². The van der Waals surface area contributed by atoms with Gasteiger partial charge in [0.2, 0.25) is 0 Å². The van der Waals surface area contributed by atoms with Crippen molar-refractivity contribution < 1.29 is 4.79 Å². The Kier molecular flexibility index (Phi) is 5.34. The Morgan fingerprint density at radius 2 is 2.00 bits per heavy atom. The molecule has 0 unspecified atom stereocenters. The number of amides is 1. The second kappa shape index (κ2) is 7.02. The molecule has 0 aliphatic carbocycles. The van der Waals surface area contributed by atoms with E-state index in [2.05, 4.69) is 4.90 Å². The fourth-order valence-electron chi connectivity index (χ4n) is 1.94. The van der Waals surface area contributed by atoms with E-state index in [1.807, 2.05) is 50.5 Å². The molecule has 0 atom stereocenters. The van der Waals surface area contributed by atoms with Crippen molar-refractivity contribution in [3.05, 3.63) is 40.8 Å². The molecular formula is C15H18N2OS2. The highest BCUT2D eigenvalue weighted by Crippen LogP contribution is 2.32. The van der Waals surface area contributed by atoms with Gasteiger partial charge in [-0.05, 0) is 38.7 Å². The summed E-state index contributed by atoms with van der Waals surface area (Å²) in [6.45, 7) is 1.64. The molecule has 1 saturated heterocycles. The molecule has 0 N–H and O–H groups in total. The molecule has 0 bridgehead atoms. The Bertz CT molecular complexity index is 526. The minimum absolute atomic E-state index is 0.0302. The van der Waals surface area contributed by atoms with Gasteiger partial charge in [-0.1, -0.05) is 54.3 Å². The van der Waals surface area contributed by atoms with Gasteiger partial charge in [0, 0.05) is 6.54 Å². The lowest BCUT2D eigenvalue weighted by atomic mass is 10.2. The van der Waals surface area contributed by atoms with Gasteiger partial charge in [-0.25, -0.2) is 0 Å². The van der Waals surface area contributed by atoms with Crippen LogP contribution in [0.4, 0.5) is 0 Å². The highest BCUT2D eigenvalue weighted by atomic mass is 32.2. The van der Waals surface area contributed by atoms with Crippen LogP contribution in [0.15, 0.2) is 35.2 Å². The third kappa shape index (κ3) is 3.91. The lowest BCUT2D eigenvalue weighted by Gasteiger charge is -2.16. The molecule has 1 aliphatic rings. The van der Waals surface area contributed by atoms with Crippen LogP contribution < -0.4 is 0 Å². The van der Waals surface area contributed by atoms with Crippen LogP contribution in [0.3, 0.4) is 0 Å². The number of thiocarbonyl (C=S) groups is 1. The summed E-state index contributed by atoms with van der Waals surface area (Å²) in [7, 11) is 4.05. The maximum absolute atomic E-state index is 12.3. The molecular weight excluding hydrogens is 288 g/mol. The Morgan fingerprint density at radius 3 is 2.65 bits per heavy atom. The topological polar surface area (TPSA) is 23.6 Å². The van der Waals surface area contributed by atoms with Gasteiger partial charge in [-0.3, -0.25) is 9.69 Å². The number of carbonyl (C=O) groups is 1. The summed E-state index contributed by atoms with van der Waals surface area (Å²) in [6, 6.07) is 9.86. The summed E-state index contributed by atoms with van der Waals surface area (Å²) in [5.74, 6) is 0.0302. The summed E-state index contributed by atoms with van der Waals surface area (Å²) in [4.78, 5) is 16.9. The fourth-order valence-corrected chi connectivity index (χ4v) is 3.25. The van der Waals surface area contributed by atoms with Gasteiger partial charge in [-0.2, -0.15) is 0 Å². The van der Waals surface area contributed by atoms with Crippen molar-refractivity contribution in [2.24, 2.45) is 0 Å². The third-order valence-electron chi connectivity index (χ3n) is 2.96. The Labute approximate surface area is 129 Å². The molecule has 1 heterocycles. The zero-order valence-electron chi connectivity index (χ0n) is 11.7. The maximum atomic E-state index is 12.3. The standard InChI is InChI=1S/C15H18N2OS2/c1-16(2)9-6-10-17-14(18)13(20-15(17)19)11-12-7-4-3-5-8-12/h3-5,7-8,11H,6,9-10H2,1-2H3/b13-11+. The molecule has 1 fully saturated rings.